The Balaban J connectivity index is 1.14. The third kappa shape index (κ3) is 9.22. The van der Waals surface area contributed by atoms with E-state index in [0.717, 1.165) is 21.2 Å². The van der Waals surface area contributed by atoms with Crippen LogP contribution < -0.4 is 15.4 Å². The number of nitrogens with one attached hydrogen (secondary N) is 2. The number of anilines is 2. The van der Waals surface area contributed by atoms with E-state index in [2.05, 4.69) is 46.4 Å². The lowest BCUT2D eigenvalue weighted by Gasteiger charge is -2.12. The SMILES string of the molecule is CC(C)(C)c1cnc(CSc2cnc(NC(=O)Cc3ccc(OCCCC(=O)Nc4ccncc4)cc3)s2)o1. The minimum Gasteiger partial charge on any atom is -0.494 e. The molecule has 3 aromatic heterocycles. The van der Waals surface area contributed by atoms with Crippen molar-refractivity contribution in [3.05, 3.63) is 78.4 Å². The molecule has 0 spiro atoms. The zero-order valence-electron chi connectivity index (χ0n) is 22.1. The van der Waals surface area contributed by atoms with Gasteiger partial charge in [0.1, 0.15) is 11.5 Å². The Morgan fingerprint density at radius 3 is 2.49 bits per heavy atom. The Hall–Kier alpha value is -3.70. The number of aromatic nitrogens is 3. The number of thiazole rings is 1. The van der Waals surface area contributed by atoms with Crippen molar-refractivity contribution in [2.75, 3.05) is 17.2 Å². The average molecular weight is 566 g/mol. The van der Waals surface area contributed by atoms with E-state index >= 15 is 0 Å². The van der Waals surface area contributed by atoms with Gasteiger partial charge in [0.25, 0.3) is 0 Å². The van der Waals surface area contributed by atoms with Gasteiger partial charge in [-0.25, -0.2) is 9.97 Å². The highest BCUT2D eigenvalue weighted by atomic mass is 32.2. The molecular weight excluding hydrogens is 534 g/mol. The molecule has 204 valence electrons. The van der Waals surface area contributed by atoms with Crippen LogP contribution in [0.4, 0.5) is 10.8 Å². The summed E-state index contributed by atoms with van der Waals surface area (Å²) in [6.45, 7) is 6.67. The van der Waals surface area contributed by atoms with Gasteiger partial charge in [-0.3, -0.25) is 14.6 Å². The number of benzene rings is 1. The van der Waals surface area contributed by atoms with Crippen LogP contribution in [0.1, 0.15) is 50.8 Å². The minimum absolute atomic E-state index is 0.0682. The molecule has 0 aliphatic rings. The molecule has 1 aromatic carbocycles. The van der Waals surface area contributed by atoms with Crippen molar-refractivity contribution in [1.82, 2.24) is 15.0 Å². The van der Waals surface area contributed by atoms with Crippen LogP contribution in [0.15, 0.2) is 69.8 Å². The molecule has 0 saturated carbocycles. The monoisotopic (exact) mass is 565 g/mol. The van der Waals surface area contributed by atoms with E-state index in [1.54, 1.807) is 48.7 Å². The van der Waals surface area contributed by atoms with Crippen LogP contribution >= 0.6 is 23.1 Å². The second kappa shape index (κ2) is 13.4. The molecule has 3 heterocycles. The molecule has 0 fully saturated rings. The number of oxazole rings is 1. The predicted octanol–water partition coefficient (Wildman–Crippen LogP) is 6.09. The number of ether oxygens (including phenoxy) is 1. The van der Waals surface area contributed by atoms with Crippen LogP contribution in [0.5, 0.6) is 5.75 Å². The first kappa shape index (κ1) is 28.3. The summed E-state index contributed by atoms with van der Waals surface area (Å²) in [4.78, 5) is 37.1. The van der Waals surface area contributed by atoms with Crippen molar-refractivity contribution in [3.63, 3.8) is 0 Å². The predicted molar refractivity (Wildman–Crippen MR) is 153 cm³/mol. The van der Waals surface area contributed by atoms with Crippen LogP contribution in [0.25, 0.3) is 0 Å². The number of nitrogens with zero attached hydrogens (tertiary/aromatic N) is 3. The number of rotatable bonds is 12. The number of hydrogen-bond acceptors (Lipinski definition) is 9. The number of amides is 2. The summed E-state index contributed by atoms with van der Waals surface area (Å²) in [5.74, 6) is 2.60. The van der Waals surface area contributed by atoms with Crippen LogP contribution in [-0.4, -0.2) is 33.4 Å². The van der Waals surface area contributed by atoms with Gasteiger partial charge in [0.15, 0.2) is 5.13 Å². The molecule has 4 aromatic rings. The largest absolute Gasteiger partial charge is 0.494 e. The van der Waals surface area contributed by atoms with Gasteiger partial charge in [0.05, 0.1) is 35.4 Å². The summed E-state index contributed by atoms with van der Waals surface area (Å²) in [6, 6.07) is 10.9. The lowest BCUT2D eigenvalue weighted by molar-refractivity contribution is -0.116. The molecule has 0 aliphatic carbocycles. The fraction of sp³-hybridized carbons (Fsp3) is 0.321. The summed E-state index contributed by atoms with van der Waals surface area (Å²) in [5.41, 5.74) is 1.51. The highest BCUT2D eigenvalue weighted by Crippen LogP contribution is 2.32. The second-order valence-corrected chi connectivity index (χ2v) is 12.1. The third-order valence-corrected chi connectivity index (χ3v) is 7.52. The van der Waals surface area contributed by atoms with Crippen molar-refractivity contribution >= 4 is 45.7 Å². The highest BCUT2D eigenvalue weighted by Gasteiger charge is 2.19. The topological polar surface area (TPSA) is 119 Å². The molecule has 9 nitrogen and oxygen atoms in total. The number of pyridine rings is 1. The van der Waals surface area contributed by atoms with E-state index in [9.17, 15) is 9.59 Å². The number of carbonyl (C=O) groups excluding carboxylic acids is 2. The van der Waals surface area contributed by atoms with Crippen LogP contribution in [-0.2, 0) is 27.2 Å². The first-order valence-electron chi connectivity index (χ1n) is 12.5. The van der Waals surface area contributed by atoms with Gasteiger partial charge in [-0.2, -0.15) is 0 Å². The quantitative estimate of drug-likeness (QED) is 0.156. The maximum atomic E-state index is 12.5. The Morgan fingerprint density at radius 1 is 1.00 bits per heavy atom. The molecule has 0 unspecified atom stereocenters. The van der Waals surface area contributed by atoms with Crippen LogP contribution in [0.3, 0.4) is 0 Å². The Morgan fingerprint density at radius 2 is 1.77 bits per heavy atom. The fourth-order valence-corrected chi connectivity index (χ4v) is 5.12. The molecule has 0 saturated heterocycles. The van der Waals surface area contributed by atoms with Gasteiger partial charge in [-0.05, 0) is 36.2 Å². The van der Waals surface area contributed by atoms with E-state index in [-0.39, 0.29) is 23.7 Å². The fourth-order valence-electron chi connectivity index (χ4n) is 3.37. The van der Waals surface area contributed by atoms with Crippen molar-refractivity contribution in [2.45, 2.75) is 55.4 Å². The van der Waals surface area contributed by atoms with Gasteiger partial charge >= 0.3 is 0 Å². The molecule has 0 radical (unpaired) electrons. The molecule has 39 heavy (non-hydrogen) atoms. The minimum atomic E-state index is -0.141. The zero-order valence-corrected chi connectivity index (χ0v) is 23.7. The summed E-state index contributed by atoms with van der Waals surface area (Å²) in [7, 11) is 0. The van der Waals surface area contributed by atoms with Crippen molar-refractivity contribution in [3.8, 4) is 5.75 Å². The number of thioether (sulfide) groups is 1. The molecule has 11 heteroatoms. The summed E-state index contributed by atoms with van der Waals surface area (Å²) >= 11 is 2.99. The molecule has 0 bridgehead atoms. The van der Waals surface area contributed by atoms with Gasteiger partial charge in [-0.1, -0.05) is 44.2 Å². The smallest absolute Gasteiger partial charge is 0.230 e. The molecule has 2 N–H and O–H groups in total. The van der Waals surface area contributed by atoms with Crippen molar-refractivity contribution < 1.29 is 18.7 Å². The van der Waals surface area contributed by atoms with E-state index < -0.39 is 0 Å². The first-order chi connectivity index (χ1) is 18.7. The van der Waals surface area contributed by atoms with E-state index in [4.69, 9.17) is 9.15 Å². The average Bonchev–Trinajstić information content (AvgIpc) is 3.56. The van der Waals surface area contributed by atoms with Gasteiger partial charge in [0.2, 0.25) is 17.7 Å². The zero-order chi connectivity index (χ0) is 27.7. The second-order valence-electron chi connectivity index (χ2n) is 9.75. The highest BCUT2D eigenvalue weighted by molar-refractivity contribution is 8.00. The summed E-state index contributed by atoms with van der Waals surface area (Å²) in [5, 5.41) is 6.23. The van der Waals surface area contributed by atoms with Crippen LogP contribution in [0.2, 0.25) is 0 Å². The van der Waals surface area contributed by atoms with Gasteiger partial charge in [-0.15, -0.1) is 11.8 Å². The standard InChI is InChI=1S/C28H31N5O4S2/c1-28(2,3)22-16-30-25(37-22)18-38-26-17-31-27(39-26)33-24(35)15-19-6-8-21(9-7-19)36-14-4-5-23(34)32-20-10-12-29-13-11-20/h6-13,16-17H,4-5,14-15,18H2,1-3H3,(H,29,32,34)(H,31,33,35). The van der Waals surface area contributed by atoms with Crippen molar-refractivity contribution in [2.24, 2.45) is 0 Å². The van der Waals surface area contributed by atoms with E-state index in [1.165, 1.54) is 11.3 Å². The Kier molecular flexibility index (Phi) is 9.72. The number of hydrogen-bond donors (Lipinski definition) is 2. The molecule has 4 rings (SSSR count). The lowest BCUT2D eigenvalue weighted by atomic mass is 9.94. The molecule has 0 atom stereocenters. The van der Waals surface area contributed by atoms with E-state index in [1.807, 2.05) is 24.3 Å². The summed E-state index contributed by atoms with van der Waals surface area (Å²) < 4.78 is 12.5. The van der Waals surface area contributed by atoms with E-state index in [0.29, 0.717) is 42.0 Å². The maximum Gasteiger partial charge on any atom is 0.230 e. The molecule has 2 amide bonds. The summed E-state index contributed by atoms with van der Waals surface area (Å²) in [6.07, 6.45) is 7.95. The van der Waals surface area contributed by atoms with Gasteiger partial charge in [0, 0.05) is 29.9 Å². The Bertz CT molecular complexity index is 1360. The normalized spacial score (nSPS) is 11.3. The maximum absolute atomic E-state index is 12.5. The van der Waals surface area contributed by atoms with Crippen molar-refractivity contribution in [1.29, 1.82) is 0 Å². The third-order valence-electron chi connectivity index (χ3n) is 5.43. The molecule has 0 aliphatic heterocycles. The van der Waals surface area contributed by atoms with Gasteiger partial charge < -0.3 is 19.8 Å². The number of carbonyl (C=O) groups is 2. The Labute approximate surface area is 235 Å². The molecular formula is C28H31N5O4S2. The first-order valence-corrected chi connectivity index (χ1v) is 14.3. The lowest BCUT2D eigenvalue weighted by Crippen LogP contribution is -2.14. The van der Waals surface area contributed by atoms with Crippen LogP contribution in [0, 0.1) is 0 Å².